The number of ether oxygens (including phenoxy) is 2. The molecule has 0 aromatic heterocycles. The van der Waals surface area contributed by atoms with Crippen molar-refractivity contribution in [2.75, 3.05) is 20.8 Å². The van der Waals surface area contributed by atoms with Crippen molar-refractivity contribution < 1.29 is 22.7 Å². The number of carbonyl (C=O) groups is 1. The highest BCUT2D eigenvalue weighted by atomic mass is 32.2. The van der Waals surface area contributed by atoms with E-state index in [2.05, 4.69) is 10.0 Å². The second-order valence-corrected chi connectivity index (χ2v) is 9.56. The lowest BCUT2D eigenvalue weighted by atomic mass is 10.1. The molecule has 0 spiro atoms. The van der Waals surface area contributed by atoms with Crippen molar-refractivity contribution in [3.05, 3.63) is 53.6 Å². The monoisotopic (exact) mass is 448 g/mol. The number of hydrogen-bond acceptors (Lipinski definition) is 5. The van der Waals surface area contributed by atoms with E-state index in [1.54, 1.807) is 38.5 Å². The van der Waals surface area contributed by atoms with Gasteiger partial charge in [-0.1, -0.05) is 32.0 Å². The van der Waals surface area contributed by atoms with E-state index in [0.29, 0.717) is 30.9 Å². The lowest BCUT2D eigenvalue weighted by molar-refractivity contribution is -0.121. The average molecular weight is 449 g/mol. The maximum atomic E-state index is 12.4. The molecule has 2 aromatic carbocycles. The molecule has 0 fully saturated rings. The fourth-order valence-corrected chi connectivity index (χ4v) is 4.19. The minimum atomic E-state index is -3.51. The molecule has 0 aliphatic rings. The van der Waals surface area contributed by atoms with Gasteiger partial charge >= 0.3 is 0 Å². The molecule has 0 saturated heterocycles. The predicted molar refractivity (Wildman–Crippen MR) is 121 cm³/mol. The van der Waals surface area contributed by atoms with Crippen LogP contribution in [0.25, 0.3) is 0 Å². The largest absolute Gasteiger partial charge is 0.493 e. The van der Waals surface area contributed by atoms with Gasteiger partial charge in [-0.3, -0.25) is 4.79 Å². The number of amides is 1. The minimum Gasteiger partial charge on any atom is -0.493 e. The van der Waals surface area contributed by atoms with Crippen molar-refractivity contribution in [3.8, 4) is 11.5 Å². The van der Waals surface area contributed by atoms with Crippen molar-refractivity contribution in [1.82, 2.24) is 10.0 Å². The van der Waals surface area contributed by atoms with Crippen LogP contribution in [0.15, 0.2) is 47.4 Å². The normalized spacial score (nSPS) is 12.5. The number of benzene rings is 2. The Labute approximate surface area is 185 Å². The van der Waals surface area contributed by atoms with Gasteiger partial charge in [-0.15, -0.1) is 0 Å². The quantitative estimate of drug-likeness (QED) is 0.549. The third kappa shape index (κ3) is 7.25. The van der Waals surface area contributed by atoms with E-state index in [9.17, 15) is 13.2 Å². The Hall–Kier alpha value is -2.58. The molecule has 2 N–H and O–H groups in total. The molecule has 1 atom stereocenters. The summed E-state index contributed by atoms with van der Waals surface area (Å²) in [6.45, 7) is 6.19. The van der Waals surface area contributed by atoms with Crippen molar-refractivity contribution in [1.29, 1.82) is 0 Å². The summed E-state index contributed by atoms with van der Waals surface area (Å²) in [5.74, 6) is 1.39. The molecule has 0 aliphatic carbocycles. The van der Waals surface area contributed by atoms with Crippen LogP contribution in [0, 0.1) is 5.92 Å². The van der Waals surface area contributed by atoms with E-state index in [1.807, 2.05) is 39.0 Å². The zero-order valence-electron chi connectivity index (χ0n) is 18.8. The third-order valence-corrected chi connectivity index (χ3v) is 6.28. The molecular weight excluding hydrogens is 416 g/mol. The summed E-state index contributed by atoms with van der Waals surface area (Å²) < 4.78 is 37.7. The Kier molecular flexibility index (Phi) is 8.88. The van der Waals surface area contributed by atoms with E-state index in [1.165, 1.54) is 0 Å². The van der Waals surface area contributed by atoms with Gasteiger partial charge in [0.05, 0.1) is 25.2 Å². The van der Waals surface area contributed by atoms with Crippen LogP contribution in [0.5, 0.6) is 11.5 Å². The summed E-state index contributed by atoms with van der Waals surface area (Å²) in [5, 5.41) is 2.98. The molecule has 2 rings (SSSR count). The summed E-state index contributed by atoms with van der Waals surface area (Å²) in [5.41, 5.74) is 1.81. The number of nitrogens with one attached hydrogen (secondary N) is 2. The molecule has 170 valence electrons. The number of hydrogen-bond donors (Lipinski definition) is 2. The van der Waals surface area contributed by atoms with Crippen LogP contribution in [0.4, 0.5) is 0 Å². The zero-order chi connectivity index (χ0) is 23.0. The van der Waals surface area contributed by atoms with Gasteiger partial charge in [0.1, 0.15) is 0 Å². The van der Waals surface area contributed by atoms with Crippen LogP contribution in [-0.2, 0) is 21.2 Å². The highest BCUT2D eigenvalue weighted by molar-refractivity contribution is 7.89. The molecule has 31 heavy (non-hydrogen) atoms. The van der Waals surface area contributed by atoms with Crippen molar-refractivity contribution in [2.45, 2.75) is 44.6 Å². The number of sulfonamides is 1. The molecule has 8 heteroatoms. The van der Waals surface area contributed by atoms with Crippen LogP contribution in [0.1, 0.15) is 44.4 Å². The van der Waals surface area contributed by atoms with Crippen LogP contribution in [0.3, 0.4) is 0 Å². The van der Waals surface area contributed by atoms with Crippen LogP contribution < -0.4 is 19.5 Å². The maximum Gasteiger partial charge on any atom is 0.240 e. The highest BCUT2D eigenvalue weighted by Crippen LogP contribution is 2.29. The molecule has 2 aromatic rings. The molecule has 0 radical (unpaired) electrons. The van der Waals surface area contributed by atoms with Gasteiger partial charge in [-0.2, -0.15) is 0 Å². The second-order valence-electron chi connectivity index (χ2n) is 7.79. The van der Waals surface area contributed by atoms with Crippen LogP contribution in [-0.4, -0.2) is 35.1 Å². The molecule has 0 unspecified atom stereocenters. The van der Waals surface area contributed by atoms with Gasteiger partial charge in [0, 0.05) is 13.0 Å². The first-order chi connectivity index (χ1) is 14.7. The lowest BCUT2D eigenvalue weighted by Crippen LogP contribution is -2.27. The van der Waals surface area contributed by atoms with Gasteiger partial charge < -0.3 is 14.8 Å². The smallest absolute Gasteiger partial charge is 0.240 e. The van der Waals surface area contributed by atoms with Gasteiger partial charge in [0.2, 0.25) is 15.9 Å². The van der Waals surface area contributed by atoms with Crippen molar-refractivity contribution >= 4 is 15.9 Å². The molecule has 7 nitrogen and oxygen atoms in total. The van der Waals surface area contributed by atoms with E-state index in [0.717, 1.165) is 11.1 Å². The highest BCUT2D eigenvalue weighted by Gasteiger charge is 2.15. The third-order valence-electron chi connectivity index (χ3n) is 4.84. The van der Waals surface area contributed by atoms with Gasteiger partial charge in [-0.25, -0.2) is 13.1 Å². The first kappa shape index (κ1) is 24.7. The molecule has 0 saturated carbocycles. The SMILES string of the molecule is COc1ccc([C@H](C)NC(=O)CCc2ccc(S(=O)(=O)NCC(C)C)cc2)cc1OC. The summed E-state index contributed by atoms with van der Waals surface area (Å²) in [7, 11) is -0.362. The summed E-state index contributed by atoms with van der Waals surface area (Å²) in [4.78, 5) is 12.6. The van der Waals surface area contributed by atoms with E-state index in [-0.39, 0.29) is 22.8 Å². The Morgan fingerprint density at radius 3 is 2.19 bits per heavy atom. The lowest BCUT2D eigenvalue weighted by Gasteiger charge is -2.16. The number of aryl methyl sites for hydroxylation is 1. The number of carbonyl (C=O) groups excluding carboxylic acids is 1. The topological polar surface area (TPSA) is 93.7 Å². The second kappa shape index (κ2) is 11.2. The molecule has 0 bridgehead atoms. The van der Waals surface area contributed by atoms with Crippen molar-refractivity contribution in [3.63, 3.8) is 0 Å². The molecular formula is C23H32N2O5S. The van der Waals surface area contributed by atoms with Gasteiger partial charge in [0.25, 0.3) is 0 Å². The summed E-state index contributed by atoms with van der Waals surface area (Å²) in [6, 6.07) is 12.0. The van der Waals surface area contributed by atoms with Gasteiger partial charge in [-0.05, 0) is 54.7 Å². The Morgan fingerprint density at radius 2 is 1.61 bits per heavy atom. The Balaban J connectivity index is 1.91. The average Bonchev–Trinajstić information content (AvgIpc) is 2.76. The van der Waals surface area contributed by atoms with Crippen LogP contribution >= 0.6 is 0 Å². The number of rotatable bonds is 11. The predicted octanol–water partition coefficient (Wildman–Crippen LogP) is 3.45. The maximum absolute atomic E-state index is 12.4. The number of methoxy groups -OCH3 is 2. The van der Waals surface area contributed by atoms with E-state index >= 15 is 0 Å². The Bertz CT molecular complexity index is 972. The van der Waals surface area contributed by atoms with Crippen molar-refractivity contribution in [2.24, 2.45) is 5.92 Å². The first-order valence-electron chi connectivity index (χ1n) is 10.3. The Morgan fingerprint density at radius 1 is 0.968 bits per heavy atom. The van der Waals surface area contributed by atoms with Crippen LogP contribution in [0.2, 0.25) is 0 Å². The summed E-state index contributed by atoms with van der Waals surface area (Å²) >= 11 is 0. The standard InChI is InChI=1S/C23H32N2O5S/c1-16(2)15-24-31(27,28)20-10-6-18(7-11-20)8-13-23(26)25-17(3)19-9-12-21(29-4)22(14-19)30-5/h6-7,9-12,14,16-17,24H,8,13,15H2,1-5H3,(H,25,26)/t17-/m0/s1. The van der Waals surface area contributed by atoms with E-state index < -0.39 is 10.0 Å². The molecule has 1 amide bonds. The van der Waals surface area contributed by atoms with E-state index in [4.69, 9.17) is 9.47 Å². The molecule has 0 heterocycles. The zero-order valence-corrected chi connectivity index (χ0v) is 19.6. The fraction of sp³-hybridized carbons (Fsp3) is 0.435. The fourth-order valence-electron chi connectivity index (χ4n) is 2.97. The first-order valence-corrected chi connectivity index (χ1v) is 11.7. The minimum absolute atomic E-state index is 0.0856. The molecule has 0 aliphatic heterocycles. The summed E-state index contributed by atoms with van der Waals surface area (Å²) in [6.07, 6.45) is 0.819. The van der Waals surface area contributed by atoms with Gasteiger partial charge in [0.15, 0.2) is 11.5 Å².